The summed E-state index contributed by atoms with van der Waals surface area (Å²) < 4.78 is 33.6. The molecule has 1 aromatic rings. The lowest BCUT2D eigenvalue weighted by atomic mass is 10.1. The molecule has 0 unspecified atom stereocenters. The number of urea groups is 1. The topological polar surface area (TPSA) is 111 Å². The molecule has 0 spiro atoms. The Kier molecular flexibility index (Phi) is 6.41. The predicted octanol–water partition coefficient (Wildman–Crippen LogP) is 0.317. The molecule has 1 aromatic carbocycles. The van der Waals surface area contributed by atoms with Gasteiger partial charge in [0.25, 0.3) is 0 Å². The summed E-state index contributed by atoms with van der Waals surface area (Å²) in [7, 11) is -3.73. The zero-order valence-electron chi connectivity index (χ0n) is 13.7. The fraction of sp³-hybridized carbons (Fsp3) is 0.533. The lowest BCUT2D eigenvalue weighted by molar-refractivity contribution is 0.0530. The monoisotopic (exact) mass is 357 g/mol. The number of rotatable bonds is 6. The van der Waals surface area contributed by atoms with E-state index in [0.717, 1.165) is 5.56 Å². The van der Waals surface area contributed by atoms with Crippen molar-refractivity contribution in [3.63, 3.8) is 0 Å². The van der Waals surface area contributed by atoms with Crippen molar-refractivity contribution < 1.29 is 22.7 Å². The smallest absolute Gasteiger partial charge is 0.317 e. The van der Waals surface area contributed by atoms with Gasteiger partial charge in [0, 0.05) is 13.1 Å². The van der Waals surface area contributed by atoms with E-state index in [-0.39, 0.29) is 17.5 Å². The first-order chi connectivity index (χ1) is 11.4. The number of primary sulfonamides is 1. The maximum Gasteiger partial charge on any atom is 0.317 e. The lowest BCUT2D eigenvalue weighted by Gasteiger charge is -2.26. The molecule has 1 aliphatic rings. The fourth-order valence-corrected chi connectivity index (χ4v) is 2.91. The van der Waals surface area contributed by atoms with E-state index in [1.165, 1.54) is 12.1 Å². The number of morpholine rings is 1. The standard InChI is InChI=1S/C15H23N3O5S/c1-2-12-11-13(24(16,20)21)3-4-14(12)23-8-5-17-15(19)18-6-9-22-10-7-18/h3-4,11H,2,5-10H2,1H3,(H,17,19)(H2,16,20,21). The Morgan fingerprint density at radius 2 is 2.08 bits per heavy atom. The van der Waals surface area contributed by atoms with E-state index in [2.05, 4.69) is 5.32 Å². The highest BCUT2D eigenvalue weighted by Gasteiger charge is 2.16. The number of carbonyl (C=O) groups is 1. The first-order valence-electron chi connectivity index (χ1n) is 7.81. The number of nitrogens with zero attached hydrogens (tertiary/aromatic N) is 1. The van der Waals surface area contributed by atoms with Crippen LogP contribution in [0.1, 0.15) is 12.5 Å². The normalized spacial score (nSPS) is 15.2. The highest BCUT2D eigenvalue weighted by atomic mass is 32.2. The van der Waals surface area contributed by atoms with Gasteiger partial charge in [-0.3, -0.25) is 0 Å². The average molecular weight is 357 g/mol. The molecule has 2 amide bonds. The minimum absolute atomic E-state index is 0.0623. The first kappa shape index (κ1) is 18.5. The summed E-state index contributed by atoms with van der Waals surface area (Å²) in [6.07, 6.45) is 0.610. The van der Waals surface area contributed by atoms with Crippen molar-refractivity contribution in [2.45, 2.75) is 18.2 Å². The number of hydrogen-bond donors (Lipinski definition) is 2. The van der Waals surface area contributed by atoms with Crippen LogP contribution >= 0.6 is 0 Å². The Balaban J connectivity index is 1.84. The summed E-state index contributed by atoms with van der Waals surface area (Å²) in [4.78, 5) is 13.7. The minimum atomic E-state index is -3.73. The summed E-state index contributed by atoms with van der Waals surface area (Å²) in [6, 6.07) is 4.37. The number of ether oxygens (including phenoxy) is 2. The quantitative estimate of drug-likeness (QED) is 0.712. The van der Waals surface area contributed by atoms with Crippen LogP contribution in [-0.4, -0.2) is 58.8 Å². The average Bonchev–Trinajstić information content (AvgIpc) is 2.58. The van der Waals surface area contributed by atoms with E-state index < -0.39 is 10.0 Å². The van der Waals surface area contributed by atoms with Gasteiger partial charge in [-0.2, -0.15) is 0 Å². The van der Waals surface area contributed by atoms with Crippen molar-refractivity contribution in [3.05, 3.63) is 23.8 Å². The molecule has 0 radical (unpaired) electrons. The van der Waals surface area contributed by atoms with E-state index in [4.69, 9.17) is 14.6 Å². The third-order valence-electron chi connectivity index (χ3n) is 3.68. The van der Waals surface area contributed by atoms with E-state index in [9.17, 15) is 13.2 Å². The van der Waals surface area contributed by atoms with Gasteiger partial charge in [0.05, 0.1) is 24.7 Å². The van der Waals surface area contributed by atoms with Gasteiger partial charge in [-0.1, -0.05) is 6.92 Å². The van der Waals surface area contributed by atoms with Gasteiger partial charge < -0.3 is 19.7 Å². The van der Waals surface area contributed by atoms with E-state index in [0.29, 0.717) is 45.0 Å². The molecular formula is C15H23N3O5S. The van der Waals surface area contributed by atoms with Gasteiger partial charge in [0.1, 0.15) is 12.4 Å². The summed E-state index contributed by atoms with van der Waals surface area (Å²) in [6.45, 7) is 4.83. The van der Waals surface area contributed by atoms with Gasteiger partial charge in [0.15, 0.2) is 0 Å². The molecule has 1 aliphatic heterocycles. The van der Waals surface area contributed by atoms with Crippen LogP contribution in [0.5, 0.6) is 5.75 Å². The summed E-state index contributed by atoms with van der Waals surface area (Å²) in [5.74, 6) is 0.588. The molecule has 9 heteroatoms. The molecule has 0 aromatic heterocycles. The summed E-state index contributed by atoms with van der Waals surface area (Å²) in [5, 5.41) is 7.91. The van der Waals surface area contributed by atoms with E-state index in [1.54, 1.807) is 11.0 Å². The molecular weight excluding hydrogens is 334 g/mol. The lowest BCUT2D eigenvalue weighted by Crippen LogP contribution is -2.47. The maximum atomic E-state index is 11.9. The number of nitrogens with one attached hydrogen (secondary N) is 1. The molecule has 2 rings (SSSR count). The Labute approximate surface area is 142 Å². The van der Waals surface area contributed by atoms with Gasteiger partial charge in [0.2, 0.25) is 10.0 Å². The molecule has 8 nitrogen and oxygen atoms in total. The van der Waals surface area contributed by atoms with Gasteiger partial charge in [-0.25, -0.2) is 18.4 Å². The number of nitrogens with two attached hydrogens (primary N) is 1. The predicted molar refractivity (Wildman–Crippen MR) is 88.5 cm³/mol. The van der Waals surface area contributed by atoms with Crippen molar-refractivity contribution in [2.24, 2.45) is 5.14 Å². The largest absolute Gasteiger partial charge is 0.491 e. The van der Waals surface area contributed by atoms with Gasteiger partial charge in [-0.05, 0) is 30.2 Å². The van der Waals surface area contributed by atoms with Crippen LogP contribution in [0.4, 0.5) is 4.79 Å². The van der Waals surface area contributed by atoms with Crippen LogP contribution in [0.25, 0.3) is 0 Å². The maximum absolute atomic E-state index is 11.9. The Bertz CT molecular complexity index is 672. The van der Waals surface area contributed by atoms with Crippen molar-refractivity contribution >= 4 is 16.1 Å². The molecule has 3 N–H and O–H groups in total. The van der Waals surface area contributed by atoms with Crippen molar-refractivity contribution in [2.75, 3.05) is 39.5 Å². The van der Waals surface area contributed by atoms with E-state index in [1.807, 2.05) is 6.92 Å². The molecule has 0 aliphatic carbocycles. The Hall–Kier alpha value is -1.84. The SMILES string of the molecule is CCc1cc(S(N)(=O)=O)ccc1OCCNC(=O)N1CCOCC1. The molecule has 1 fully saturated rings. The molecule has 0 bridgehead atoms. The number of aryl methyl sites for hydroxylation is 1. The number of sulfonamides is 1. The van der Waals surface area contributed by atoms with Gasteiger partial charge in [-0.15, -0.1) is 0 Å². The van der Waals surface area contributed by atoms with E-state index >= 15 is 0 Å². The number of hydrogen-bond acceptors (Lipinski definition) is 5. The number of carbonyl (C=O) groups excluding carboxylic acids is 1. The van der Waals surface area contributed by atoms with Crippen LogP contribution in [0.2, 0.25) is 0 Å². The molecule has 0 saturated carbocycles. The third-order valence-corrected chi connectivity index (χ3v) is 4.59. The minimum Gasteiger partial charge on any atom is -0.491 e. The molecule has 1 saturated heterocycles. The van der Waals surface area contributed by atoms with Crippen LogP contribution < -0.4 is 15.2 Å². The zero-order valence-corrected chi connectivity index (χ0v) is 14.5. The summed E-state index contributed by atoms with van der Waals surface area (Å²) in [5.41, 5.74) is 0.751. The van der Waals surface area contributed by atoms with Crippen LogP contribution in [0.15, 0.2) is 23.1 Å². The van der Waals surface area contributed by atoms with Crippen molar-refractivity contribution in [1.29, 1.82) is 0 Å². The number of benzene rings is 1. The Morgan fingerprint density at radius 3 is 2.71 bits per heavy atom. The highest BCUT2D eigenvalue weighted by molar-refractivity contribution is 7.89. The first-order valence-corrected chi connectivity index (χ1v) is 9.35. The second-order valence-corrected chi connectivity index (χ2v) is 6.91. The van der Waals surface area contributed by atoms with Crippen LogP contribution in [-0.2, 0) is 21.2 Å². The molecule has 134 valence electrons. The second kappa shape index (κ2) is 8.32. The Morgan fingerprint density at radius 1 is 1.38 bits per heavy atom. The highest BCUT2D eigenvalue weighted by Crippen LogP contribution is 2.22. The van der Waals surface area contributed by atoms with Crippen LogP contribution in [0.3, 0.4) is 0 Å². The number of amides is 2. The summed E-state index contributed by atoms with van der Waals surface area (Å²) >= 11 is 0. The molecule has 0 atom stereocenters. The molecule has 24 heavy (non-hydrogen) atoms. The third kappa shape index (κ3) is 5.08. The fourth-order valence-electron chi connectivity index (χ4n) is 2.35. The zero-order chi connectivity index (χ0) is 17.6. The van der Waals surface area contributed by atoms with Crippen molar-refractivity contribution in [3.8, 4) is 5.75 Å². The van der Waals surface area contributed by atoms with Crippen LogP contribution in [0, 0.1) is 0 Å². The molecule has 1 heterocycles. The van der Waals surface area contributed by atoms with Gasteiger partial charge >= 0.3 is 6.03 Å². The van der Waals surface area contributed by atoms with Crippen molar-refractivity contribution in [1.82, 2.24) is 10.2 Å². The second-order valence-electron chi connectivity index (χ2n) is 5.35.